The molecule has 14 heavy (non-hydrogen) atoms. The van der Waals surface area contributed by atoms with Gasteiger partial charge in [-0.25, -0.2) is 0 Å². The van der Waals surface area contributed by atoms with Gasteiger partial charge in [0, 0.05) is 11.6 Å². The molecule has 0 radical (unpaired) electrons. The molecule has 0 aliphatic rings. The third kappa shape index (κ3) is 1.54. The number of aryl methyl sites for hydroxylation is 1. The molecular weight excluding hydrogens is 188 g/mol. The molecule has 0 bridgehead atoms. The molecule has 0 atom stereocenters. The second-order valence-electron chi connectivity index (χ2n) is 2.89. The maximum absolute atomic E-state index is 10.6. The molecule has 0 aliphatic heterocycles. The van der Waals surface area contributed by atoms with Crippen LogP contribution in [0, 0.1) is 34.1 Å². The summed E-state index contributed by atoms with van der Waals surface area (Å²) in [7, 11) is 0. The van der Waals surface area contributed by atoms with Crippen molar-refractivity contribution in [1.82, 2.24) is 0 Å². The third-order valence-corrected chi connectivity index (χ3v) is 1.98. The van der Waals surface area contributed by atoms with Crippen molar-refractivity contribution < 1.29 is 9.85 Å². The maximum Gasteiger partial charge on any atom is 0.282 e. The second kappa shape index (κ2) is 3.41. The number of nitro benzene ring substituents is 2. The smallest absolute Gasteiger partial charge is 0.258 e. The molecule has 1 aromatic carbocycles. The summed E-state index contributed by atoms with van der Waals surface area (Å²) >= 11 is 0. The zero-order valence-corrected chi connectivity index (χ0v) is 7.68. The quantitative estimate of drug-likeness (QED) is 0.535. The summed E-state index contributed by atoms with van der Waals surface area (Å²) in [5.41, 5.74) is 0.125. The predicted octanol–water partition coefficient (Wildman–Crippen LogP) is 2.12. The molecule has 1 rings (SSSR count). The van der Waals surface area contributed by atoms with E-state index in [1.807, 2.05) is 0 Å². The van der Waals surface area contributed by atoms with E-state index < -0.39 is 9.85 Å². The summed E-state index contributed by atoms with van der Waals surface area (Å²) in [5.74, 6) is 0. The molecule has 0 aliphatic carbocycles. The van der Waals surface area contributed by atoms with Crippen LogP contribution in [-0.2, 0) is 0 Å². The molecule has 6 nitrogen and oxygen atoms in total. The van der Waals surface area contributed by atoms with E-state index in [2.05, 4.69) is 0 Å². The lowest BCUT2D eigenvalue weighted by Crippen LogP contribution is -1.99. The highest BCUT2D eigenvalue weighted by Gasteiger charge is 2.23. The molecule has 0 aromatic heterocycles. The van der Waals surface area contributed by atoms with Gasteiger partial charge < -0.3 is 0 Å². The molecule has 0 heterocycles. The molecule has 0 N–H and O–H groups in total. The summed E-state index contributed by atoms with van der Waals surface area (Å²) in [6.45, 7) is 2.93. The van der Waals surface area contributed by atoms with Crippen molar-refractivity contribution in [1.29, 1.82) is 0 Å². The minimum Gasteiger partial charge on any atom is -0.258 e. The van der Waals surface area contributed by atoms with E-state index in [-0.39, 0.29) is 16.9 Å². The fourth-order valence-corrected chi connectivity index (χ4v) is 1.30. The van der Waals surface area contributed by atoms with Crippen LogP contribution in [0.5, 0.6) is 0 Å². The number of nitrogens with zero attached hydrogens (tertiary/aromatic N) is 2. The number of hydrogen-bond donors (Lipinski definition) is 0. The Morgan fingerprint density at radius 1 is 1.07 bits per heavy atom. The van der Waals surface area contributed by atoms with Crippen molar-refractivity contribution in [3.63, 3.8) is 0 Å². The zero-order chi connectivity index (χ0) is 10.9. The van der Waals surface area contributed by atoms with Gasteiger partial charge in [-0.05, 0) is 19.9 Å². The largest absolute Gasteiger partial charge is 0.282 e. The number of nitro groups is 2. The second-order valence-corrected chi connectivity index (χ2v) is 2.89. The first-order chi connectivity index (χ1) is 6.45. The van der Waals surface area contributed by atoms with Gasteiger partial charge >= 0.3 is 0 Å². The fourth-order valence-electron chi connectivity index (χ4n) is 1.30. The van der Waals surface area contributed by atoms with Crippen molar-refractivity contribution in [3.05, 3.63) is 43.5 Å². The monoisotopic (exact) mass is 196 g/mol. The van der Waals surface area contributed by atoms with Gasteiger partial charge in [0.2, 0.25) is 0 Å². The lowest BCUT2D eigenvalue weighted by Gasteiger charge is -2.01. The Bertz CT molecular complexity index is 414. The molecule has 0 saturated heterocycles. The normalized spacial score (nSPS) is 9.86. The highest BCUT2D eigenvalue weighted by atomic mass is 16.6. The highest BCUT2D eigenvalue weighted by molar-refractivity contribution is 5.56. The summed E-state index contributed by atoms with van der Waals surface area (Å²) in [6, 6.07) is 2.65. The van der Waals surface area contributed by atoms with Crippen LogP contribution >= 0.6 is 0 Å². The topological polar surface area (TPSA) is 86.3 Å². The first-order valence-electron chi connectivity index (χ1n) is 3.84. The third-order valence-electron chi connectivity index (χ3n) is 1.98. The maximum atomic E-state index is 10.6. The molecule has 0 saturated carbocycles. The molecule has 6 heteroatoms. The van der Waals surface area contributed by atoms with Crippen LogP contribution in [0.2, 0.25) is 0 Å². The van der Waals surface area contributed by atoms with Gasteiger partial charge in [0.15, 0.2) is 0 Å². The SMILES string of the molecule is Cc1ccc([N+](=O)[O-])c(C)c1[N+](=O)[O-]. The van der Waals surface area contributed by atoms with E-state index in [9.17, 15) is 20.2 Å². The van der Waals surface area contributed by atoms with Crippen molar-refractivity contribution in [2.45, 2.75) is 13.8 Å². The van der Waals surface area contributed by atoms with Gasteiger partial charge in [-0.3, -0.25) is 20.2 Å². The molecule has 1 aromatic rings. The molecule has 0 amide bonds. The number of hydrogen-bond acceptors (Lipinski definition) is 4. The van der Waals surface area contributed by atoms with Crippen LogP contribution in [0.1, 0.15) is 11.1 Å². The van der Waals surface area contributed by atoms with E-state index in [0.717, 1.165) is 0 Å². The summed E-state index contributed by atoms with van der Waals surface area (Å²) in [6.07, 6.45) is 0. The lowest BCUT2D eigenvalue weighted by atomic mass is 10.1. The average molecular weight is 196 g/mol. The summed E-state index contributed by atoms with van der Waals surface area (Å²) in [4.78, 5) is 19.9. The van der Waals surface area contributed by atoms with E-state index in [0.29, 0.717) is 5.56 Å². The fraction of sp³-hybridized carbons (Fsp3) is 0.250. The minimum absolute atomic E-state index is 0.0972. The summed E-state index contributed by atoms with van der Waals surface area (Å²) < 4.78 is 0. The van der Waals surface area contributed by atoms with Crippen molar-refractivity contribution in [2.24, 2.45) is 0 Å². The van der Waals surface area contributed by atoms with Gasteiger partial charge in [0.05, 0.1) is 9.85 Å². The van der Waals surface area contributed by atoms with E-state index in [1.54, 1.807) is 6.92 Å². The Kier molecular flexibility index (Phi) is 2.46. The van der Waals surface area contributed by atoms with Crippen LogP contribution in [0.15, 0.2) is 12.1 Å². The molecule has 0 unspecified atom stereocenters. The molecule has 0 spiro atoms. The Morgan fingerprint density at radius 2 is 1.64 bits per heavy atom. The van der Waals surface area contributed by atoms with Crippen molar-refractivity contribution in [3.8, 4) is 0 Å². The first-order valence-corrected chi connectivity index (χ1v) is 3.84. The lowest BCUT2D eigenvalue weighted by molar-refractivity contribution is -0.395. The van der Waals surface area contributed by atoms with Crippen LogP contribution in [0.3, 0.4) is 0 Å². The molecular formula is C8H8N2O4. The molecule has 0 fully saturated rings. The van der Waals surface area contributed by atoms with Gasteiger partial charge in [0.25, 0.3) is 11.4 Å². The van der Waals surface area contributed by atoms with Crippen LogP contribution in [0.4, 0.5) is 11.4 Å². The van der Waals surface area contributed by atoms with Crippen LogP contribution in [-0.4, -0.2) is 9.85 Å². The van der Waals surface area contributed by atoms with Gasteiger partial charge in [0.1, 0.15) is 5.56 Å². The Balaban J connectivity index is 3.49. The van der Waals surface area contributed by atoms with Crippen LogP contribution in [0.25, 0.3) is 0 Å². The predicted molar refractivity (Wildman–Crippen MR) is 49.2 cm³/mol. The summed E-state index contributed by atoms with van der Waals surface area (Å²) in [5, 5.41) is 21.1. The highest BCUT2D eigenvalue weighted by Crippen LogP contribution is 2.30. The van der Waals surface area contributed by atoms with E-state index in [4.69, 9.17) is 0 Å². The van der Waals surface area contributed by atoms with Gasteiger partial charge in [-0.2, -0.15) is 0 Å². The Hall–Kier alpha value is -1.98. The minimum atomic E-state index is -0.623. The van der Waals surface area contributed by atoms with Crippen molar-refractivity contribution in [2.75, 3.05) is 0 Å². The standard InChI is InChI=1S/C8H8N2O4/c1-5-3-4-7(9(11)12)6(2)8(5)10(13)14/h3-4H,1-2H3. The van der Waals surface area contributed by atoms with E-state index in [1.165, 1.54) is 19.1 Å². The Morgan fingerprint density at radius 3 is 2.07 bits per heavy atom. The van der Waals surface area contributed by atoms with Gasteiger partial charge in [-0.1, -0.05) is 0 Å². The average Bonchev–Trinajstić information content (AvgIpc) is 2.02. The van der Waals surface area contributed by atoms with Gasteiger partial charge in [-0.15, -0.1) is 0 Å². The zero-order valence-electron chi connectivity index (χ0n) is 7.68. The molecule has 74 valence electrons. The van der Waals surface area contributed by atoms with E-state index >= 15 is 0 Å². The van der Waals surface area contributed by atoms with Crippen LogP contribution < -0.4 is 0 Å². The van der Waals surface area contributed by atoms with Crippen molar-refractivity contribution >= 4 is 11.4 Å². The number of benzene rings is 1. The number of rotatable bonds is 2. The first kappa shape index (κ1) is 10.1. The Labute approximate surface area is 79.5 Å².